The molecule has 1 N–H and O–H groups in total. The van der Waals surface area contributed by atoms with Crippen LogP contribution in [0.3, 0.4) is 0 Å². The maximum atomic E-state index is 11.4. The second kappa shape index (κ2) is 5.32. The van der Waals surface area contributed by atoms with Crippen LogP contribution < -0.4 is 5.32 Å². The van der Waals surface area contributed by atoms with Crippen molar-refractivity contribution in [3.05, 3.63) is 0 Å². The molecule has 0 atom stereocenters. The molecule has 1 aliphatic rings. The summed E-state index contributed by atoms with van der Waals surface area (Å²) in [5.74, 6) is 0.0636. The van der Waals surface area contributed by atoms with E-state index in [-0.39, 0.29) is 11.9 Å². The SMILES string of the molecule is CC(=O)C(C)(C)CNC(=O)OC1CCCC1. The Morgan fingerprint density at radius 1 is 1.31 bits per heavy atom. The molecule has 0 aromatic heterocycles. The van der Waals surface area contributed by atoms with Crippen LogP contribution >= 0.6 is 0 Å². The Balaban J connectivity index is 2.26. The van der Waals surface area contributed by atoms with E-state index in [1.165, 1.54) is 6.92 Å². The van der Waals surface area contributed by atoms with Crippen molar-refractivity contribution < 1.29 is 14.3 Å². The molecule has 92 valence electrons. The number of ether oxygens (including phenoxy) is 1. The summed E-state index contributed by atoms with van der Waals surface area (Å²) in [5, 5.41) is 2.65. The van der Waals surface area contributed by atoms with Crippen LogP contribution in [-0.4, -0.2) is 24.5 Å². The van der Waals surface area contributed by atoms with Gasteiger partial charge in [0.2, 0.25) is 0 Å². The van der Waals surface area contributed by atoms with Gasteiger partial charge < -0.3 is 10.1 Å². The van der Waals surface area contributed by atoms with Crippen LogP contribution in [0.15, 0.2) is 0 Å². The first-order valence-electron chi connectivity index (χ1n) is 5.87. The highest BCUT2D eigenvalue weighted by Crippen LogP contribution is 2.21. The number of hydrogen-bond acceptors (Lipinski definition) is 3. The van der Waals surface area contributed by atoms with Crippen molar-refractivity contribution in [2.24, 2.45) is 5.41 Å². The summed E-state index contributed by atoms with van der Waals surface area (Å²) in [7, 11) is 0. The molecule has 4 heteroatoms. The molecular weight excluding hydrogens is 206 g/mol. The number of hydrogen-bond donors (Lipinski definition) is 1. The summed E-state index contributed by atoms with van der Waals surface area (Å²) in [4.78, 5) is 22.7. The number of carbonyl (C=O) groups excluding carboxylic acids is 2. The van der Waals surface area contributed by atoms with E-state index in [0.717, 1.165) is 25.7 Å². The molecule has 4 nitrogen and oxygen atoms in total. The van der Waals surface area contributed by atoms with Gasteiger partial charge in [-0.15, -0.1) is 0 Å². The molecule has 0 aromatic carbocycles. The van der Waals surface area contributed by atoms with Crippen LogP contribution in [0, 0.1) is 5.41 Å². The normalized spacial score (nSPS) is 17.2. The lowest BCUT2D eigenvalue weighted by molar-refractivity contribution is -0.124. The number of Topliss-reactive ketones (excluding diaryl/α,β-unsaturated/α-hetero) is 1. The molecule has 0 aromatic rings. The van der Waals surface area contributed by atoms with Gasteiger partial charge in [-0.05, 0) is 32.6 Å². The van der Waals surface area contributed by atoms with Crippen molar-refractivity contribution in [3.63, 3.8) is 0 Å². The molecule has 1 fully saturated rings. The van der Waals surface area contributed by atoms with Crippen molar-refractivity contribution in [2.75, 3.05) is 6.54 Å². The van der Waals surface area contributed by atoms with E-state index >= 15 is 0 Å². The summed E-state index contributed by atoms with van der Waals surface area (Å²) in [5.41, 5.74) is -0.519. The first-order chi connectivity index (χ1) is 7.42. The Kier molecular flexibility index (Phi) is 4.33. The first-order valence-corrected chi connectivity index (χ1v) is 5.87. The standard InChI is InChI=1S/C12H21NO3/c1-9(14)12(2,3)8-13-11(15)16-10-6-4-5-7-10/h10H,4-8H2,1-3H3,(H,13,15). The molecule has 1 saturated carbocycles. The fourth-order valence-corrected chi connectivity index (χ4v) is 1.62. The van der Waals surface area contributed by atoms with E-state index in [1.807, 2.05) is 13.8 Å². The van der Waals surface area contributed by atoms with Gasteiger partial charge in [-0.25, -0.2) is 4.79 Å². The molecular formula is C12H21NO3. The molecule has 1 rings (SSSR count). The largest absolute Gasteiger partial charge is 0.446 e. The van der Waals surface area contributed by atoms with E-state index in [0.29, 0.717) is 6.54 Å². The van der Waals surface area contributed by atoms with Gasteiger partial charge in [0, 0.05) is 12.0 Å². The van der Waals surface area contributed by atoms with Gasteiger partial charge in [-0.2, -0.15) is 0 Å². The average Bonchev–Trinajstić information content (AvgIpc) is 2.67. The fraction of sp³-hybridized carbons (Fsp3) is 0.833. The average molecular weight is 227 g/mol. The number of nitrogens with one attached hydrogen (secondary N) is 1. The molecule has 0 aliphatic heterocycles. The zero-order chi connectivity index (χ0) is 12.2. The van der Waals surface area contributed by atoms with Gasteiger partial charge in [-0.1, -0.05) is 13.8 Å². The lowest BCUT2D eigenvalue weighted by atomic mass is 9.89. The first kappa shape index (κ1) is 13.0. The Morgan fingerprint density at radius 2 is 1.88 bits per heavy atom. The summed E-state index contributed by atoms with van der Waals surface area (Å²) in [6.45, 7) is 5.48. The third-order valence-corrected chi connectivity index (χ3v) is 3.20. The van der Waals surface area contributed by atoms with Crippen molar-refractivity contribution in [3.8, 4) is 0 Å². The fourth-order valence-electron chi connectivity index (χ4n) is 1.62. The van der Waals surface area contributed by atoms with Gasteiger partial charge in [0.25, 0.3) is 0 Å². The highest BCUT2D eigenvalue weighted by Gasteiger charge is 2.25. The highest BCUT2D eigenvalue weighted by atomic mass is 16.6. The summed E-state index contributed by atoms with van der Waals surface area (Å²) >= 11 is 0. The van der Waals surface area contributed by atoms with Crippen molar-refractivity contribution in [2.45, 2.75) is 52.6 Å². The summed E-state index contributed by atoms with van der Waals surface area (Å²) in [6.07, 6.45) is 3.86. The minimum atomic E-state index is -0.519. The van der Waals surface area contributed by atoms with Gasteiger partial charge in [-0.3, -0.25) is 4.79 Å². The topological polar surface area (TPSA) is 55.4 Å². The maximum Gasteiger partial charge on any atom is 0.407 e. The molecule has 0 unspecified atom stereocenters. The molecule has 0 bridgehead atoms. The Morgan fingerprint density at radius 3 is 2.38 bits per heavy atom. The number of alkyl carbamates (subject to hydrolysis) is 1. The second-order valence-corrected chi connectivity index (χ2v) is 5.11. The molecule has 1 aliphatic carbocycles. The summed E-state index contributed by atoms with van der Waals surface area (Å²) in [6, 6.07) is 0. The predicted molar refractivity (Wildman–Crippen MR) is 61.2 cm³/mol. The third kappa shape index (κ3) is 3.83. The number of carbonyl (C=O) groups is 2. The van der Waals surface area contributed by atoms with Crippen LogP contribution in [0.4, 0.5) is 4.79 Å². The second-order valence-electron chi connectivity index (χ2n) is 5.11. The van der Waals surface area contributed by atoms with Gasteiger partial charge in [0.1, 0.15) is 11.9 Å². The lowest BCUT2D eigenvalue weighted by Gasteiger charge is -2.22. The van der Waals surface area contributed by atoms with Crippen molar-refractivity contribution >= 4 is 11.9 Å². The monoisotopic (exact) mass is 227 g/mol. The van der Waals surface area contributed by atoms with Gasteiger partial charge >= 0.3 is 6.09 Å². The molecule has 0 radical (unpaired) electrons. The Labute approximate surface area is 96.7 Å². The van der Waals surface area contributed by atoms with E-state index < -0.39 is 11.5 Å². The number of rotatable bonds is 4. The quantitative estimate of drug-likeness (QED) is 0.801. The molecule has 1 amide bonds. The zero-order valence-corrected chi connectivity index (χ0v) is 10.3. The predicted octanol–water partition coefficient (Wildman–Crippen LogP) is 2.27. The Bertz CT molecular complexity index is 267. The van der Waals surface area contributed by atoms with Crippen LogP contribution in [-0.2, 0) is 9.53 Å². The van der Waals surface area contributed by atoms with Crippen LogP contribution in [0.2, 0.25) is 0 Å². The number of amides is 1. The van der Waals surface area contributed by atoms with E-state index in [9.17, 15) is 9.59 Å². The minimum absolute atomic E-state index is 0.0636. The van der Waals surface area contributed by atoms with Crippen molar-refractivity contribution in [1.29, 1.82) is 0 Å². The third-order valence-electron chi connectivity index (χ3n) is 3.20. The van der Waals surface area contributed by atoms with E-state index in [2.05, 4.69) is 5.32 Å². The highest BCUT2D eigenvalue weighted by molar-refractivity contribution is 5.82. The molecule has 0 heterocycles. The number of ketones is 1. The van der Waals surface area contributed by atoms with Crippen molar-refractivity contribution in [1.82, 2.24) is 5.32 Å². The zero-order valence-electron chi connectivity index (χ0n) is 10.3. The summed E-state index contributed by atoms with van der Waals surface area (Å²) < 4.78 is 5.23. The van der Waals surface area contributed by atoms with E-state index in [1.54, 1.807) is 0 Å². The minimum Gasteiger partial charge on any atom is -0.446 e. The van der Waals surface area contributed by atoms with Gasteiger partial charge in [0.15, 0.2) is 0 Å². The van der Waals surface area contributed by atoms with Gasteiger partial charge in [0.05, 0.1) is 0 Å². The molecule has 0 saturated heterocycles. The van der Waals surface area contributed by atoms with E-state index in [4.69, 9.17) is 4.74 Å². The maximum absolute atomic E-state index is 11.4. The Hall–Kier alpha value is -1.06. The van der Waals surface area contributed by atoms with Crippen LogP contribution in [0.25, 0.3) is 0 Å². The molecule has 0 spiro atoms. The van der Waals surface area contributed by atoms with Crippen LogP contribution in [0.1, 0.15) is 46.5 Å². The smallest absolute Gasteiger partial charge is 0.407 e. The van der Waals surface area contributed by atoms with Crippen LogP contribution in [0.5, 0.6) is 0 Å². The lowest BCUT2D eigenvalue weighted by Crippen LogP contribution is -2.39. The molecule has 16 heavy (non-hydrogen) atoms.